The summed E-state index contributed by atoms with van der Waals surface area (Å²) in [7, 11) is 0. The third-order valence-electron chi connectivity index (χ3n) is 7.56. The van der Waals surface area contributed by atoms with Gasteiger partial charge in [-0.05, 0) is 106 Å². The van der Waals surface area contributed by atoms with E-state index in [9.17, 15) is 14.7 Å². The van der Waals surface area contributed by atoms with Gasteiger partial charge in [0.15, 0.2) is 0 Å². The first-order valence-electron chi connectivity index (χ1n) is 14.5. The molecule has 0 heterocycles. The van der Waals surface area contributed by atoms with Gasteiger partial charge in [0.2, 0.25) is 0 Å². The minimum absolute atomic E-state index is 0.0235. The lowest BCUT2D eigenvalue weighted by Gasteiger charge is -2.38. The number of thioether (sulfide) groups is 1. The molecule has 3 atom stereocenters. The average Bonchev–Trinajstić information content (AvgIpc) is 2.92. The Balaban J connectivity index is 1.85. The highest BCUT2D eigenvalue weighted by Crippen LogP contribution is 2.33. The summed E-state index contributed by atoms with van der Waals surface area (Å²) in [6.45, 7) is 10.8. The fourth-order valence-electron chi connectivity index (χ4n) is 5.47. The summed E-state index contributed by atoms with van der Waals surface area (Å²) in [5.41, 5.74) is 3.91. The minimum Gasteiger partial charge on any atom is -0.480 e. The zero-order valence-corrected chi connectivity index (χ0v) is 25.8. The quantitative estimate of drug-likeness (QED) is 0.264. The fourth-order valence-corrected chi connectivity index (χ4v) is 5.95. The monoisotopic (exact) mass is 569 g/mol. The van der Waals surface area contributed by atoms with Gasteiger partial charge in [-0.3, -0.25) is 4.79 Å². The molecule has 2 aromatic carbocycles. The third kappa shape index (κ3) is 9.35. The van der Waals surface area contributed by atoms with Crippen molar-refractivity contribution in [3.05, 3.63) is 59.2 Å². The predicted octanol–water partition coefficient (Wildman–Crippen LogP) is 7.27. The Morgan fingerprint density at radius 3 is 2.40 bits per heavy atom. The summed E-state index contributed by atoms with van der Waals surface area (Å²) in [5.74, 6) is -0.269. The van der Waals surface area contributed by atoms with E-state index in [1.165, 1.54) is 32.1 Å². The summed E-state index contributed by atoms with van der Waals surface area (Å²) >= 11 is 1.56. The predicted molar refractivity (Wildman–Crippen MR) is 164 cm³/mol. The maximum atomic E-state index is 13.4. The van der Waals surface area contributed by atoms with Gasteiger partial charge in [-0.2, -0.15) is 11.8 Å². The van der Waals surface area contributed by atoms with Crippen LogP contribution in [0.25, 0.3) is 11.1 Å². The van der Waals surface area contributed by atoms with E-state index < -0.39 is 12.0 Å². The van der Waals surface area contributed by atoms with Gasteiger partial charge in [0.1, 0.15) is 6.04 Å². The van der Waals surface area contributed by atoms with Crippen LogP contribution in [-0.4, -0.2) is 52.8 Å². The molecule has 2 N–H and O–H groups in total. The summed E-state index contributed by atoms with van der Waals surface area (Å²) < 4.78 is 13.0. The van der Waals surface area contributed by atoms with E-state index in [0.29, 0.717) is 30.3 Å². The first kappa shape index (κ1) is 32.2. The Bertz CT molecular complexity index is 1120. The molecule has 7 heteroatoms. The molecule has 0 radical (unpaired) electrons. The van der Waals surface area contributed by atoms with E-state index in [0.717, 1.165) is 22.3 Å². The van der Waals surface area contributed by atoms with Crippen molar-refractivity contribution in [3.63, 3.8) is 0 Å². The summed E-state index contributed by atoms with van der Waals surface area (Å²) in [6, 6.07) is 12.7. The SMILES string of the molecule is CSCC[C@H](NC(=O)c1ccc(COC(C)[C@H](OC(C)(C)C)C2CCCCC2)cc1-c1ccccc1C)C(=O)O. The number of rotatable bonds is 13. The van der Waals surface area contributed by atoms with Crippen LogP contribution >= 0.6 is 11.8 Å². The Morgan fingerprint density at radius 1 is 1.07 bits per heavy atom. The van der Waals surface area contributed by atoms with Crippen molar-refractivity contribution in [1.29, 1.82) is 0 Å². The minimum atomic E-state index is -1.02. The Labute approximate surface area is 244 Å². The van der Waals surface area contributed by atoms with Crippen LogP contribution in [0.5, 0.6) is 0 Å². The van der Waals surface area contributed by atoms with Crippen LogP contribution in [0.15, 0.2) is 42.5 Å². The summed E-state index contributed by atoms with van der Waals surface area (Å²) in [5, 5.41) is 12.4. The highest BCUT2D eigenvalue weighted by molar-refractivity contribution is 7.98. The highest BCUT2D eigenvalue weighted by Gasteiger charge is 2.33. The smallest absolute Gasteiger partial charge is 0.326 e. The number of carboxylic acid groups (broad SMARTS) is 1. The average molecular weight is 570 g/mol. The zero-order valence-electron chi connectivity index (χ0n) is 25.0. The maximum Gasteiger partial charge on any atom is 0.326 e. The summed E-state index contributed by atoms with van der Waals surface area (Å²) in [6.07, 6.45) is 8.34. The van der Waals surface area contributed by atoms with E-state index >= 15 is 0 Å². The van der Waals surface area contributed by atoms with Crippen molar-refractivity contribution in [2.75, 3.05) is 12.0 Å². The number of carboxylic acids is 1. The number of aryl methyl sites for hydroxylation is 1. The van der Waals surface area contributed by atoms with Crippen molar-refractivity contribution in [3.8, 4) is 11.1 Å². The molecule has 1 saturated carbocycles. The second-order valence-electron chi connectivity index (χ2n) is 11.9. The molecule has 1 aliphatic rings. The van der Waals surface area contributed by atoms with Gasteiger partial charge in [-0.25, -0.2) is 4.79 Å². The number of nitrogens with one attached hydrogen (secondary N) is 1. The van der Waals surface area contributed by atoms with Crippen molar-refractivity contribution >= 4 is 23.6 Å². The molecular weight excluding hydrogens is 522 g/mol. The number of aliphatic carboxylic acids is 1. The molecule has 6 nitrogen and oxygen atoms in total. The van der Waals surface area contributed by atoms with Crippen LogP contribution in [-0.2, 0) is 20.9 Å². The number of benzene rings is 2. The standard InChI is InChI=1S/C33H47NO5S/c1-22-12-10-11-15-26(22)28-20-24(16-17-27(28)31(35)34-29(32(36)37)18-19-40-6)21-38-23(2)30(39-33(3,4)5)25-13-8-7-9-14-25/h10-12,15-17,20,23,25,29-30H,7-9,13-14,18-19,21H2,1-6H3,(H,34,35)(H,36,37)/t23?,29-,30-/m0/s1. The van der Waals surface area contributed by atoms with Crippen LogP contribution in [0.2, 0.25) is 0 Å². The lowest BCUT2D eigenvalue weighted by molar-refractivity contribution is -0.153. The molecule has 0 saturated heterocycles. The number of hydrogen-bond donors (Lipinski definition) is 2. The molecule has 1 amide bonds. The lowest BCUT2D eigenvalue weighted by atomic mass is 9.83. The van der Waals surface area contributed by atoms with E-state index in [1.807, 2.05) is 49.6 Å². The van der Waals surface area contributed by atoms with Crippen molar-refractivity contribution in [2.24, 2.45) is 5.92 Å². The van der Waals surface area contributed by atoms with E-state index in [1.54, 1.807) is 17.8 Å². The van der Waals surface area contributed by atoms with Crippen molar-refractivity contribution in [1.82, 2.24) is 5.32 Å². The van der Waals surface area contributed by atoms with Gasteiger partial charge in [0.25, 0.3) is 5.91 Å². The van der Waals surface area contributed by atoms with Gasteiger partial charge >= 0.3 is 5.97 Å². The molecular formula is C33H47NO5S. The molecule has 0 spiro atoms. The van der Waals surface area contributed by atoms with Gasteiger partial charge in [0.05, 0.1) is 24.4 Å². The third-order valence-corrected chi connectivity index (χ3v) is 8.20. The molecule has 3 rings (SSSR count). The molecule has 0 aromatic heterocycles. The number of amides is 1. The van der Waals surface area contributed by atoms with Crippen molar-refractivity contribution < 1.29 is 24.2 Å². The zero-order chi connectivity index (χ0) is 29.3. The number of carbonyl (C=O) groups excluding carboxylic acids is 1. The number of carbonyl (C=O) groups is 2. The summed E-state index contributed by atoms with van der Waals surface area (Å²) in [4.78, 5) is 25.2. The van der Waals surface area contributed by atoms with E-state index in [-0.39, 0.29) is 23.7 Å². The Kier molecular flexibility index (Phi) is 12.1. The molecule has 0 aliphatic heterocycles. The van der Waals surface area contributed by atoms with Crippen LogP contribution in [0.4, 0.5) is 0 Å². The highest BCUT2D eigenvalue weighted by atomic mass is 32.2. The van der Waals surface area contributed by atoms with Crippen molar-refractivity contribution in [2.45, 2.75) is 104 Å². The van der Waals surface area contributed by atoms with Crippen LogP contribution in [0.3, 0.4) is 0 Å². The molecule has 1 unspecified atom stereocenters. The van der Waals surface area contributed by atoms with Crippen LogP contribution in [0.1, 0.15) is 87.7 Å². The van der Waals surface area contributed by atoms with Gasteiger partial charge < -0.3 is 19.9 Å². The van der Waals surface area contributed by atoms with Gasteiger partial charge in [-0.1, -0.05) is 49.6 Å². The molecule has 40 heavy (non-hydrogen) atoms. The molecule has 1 aliphatic carbocycles. The first-order chi connectivity index (χ1) is 19.0. The van der Waals surface area contributed by atoms with E-state index in [4.69, 9.17) is 9.47 Å². The largest absolute Gasteiger partial charge is 0.480 e. The lowest BCUT2D eigenvalue weighted by Crippen LogP contribution is -2.42. The molecule has 220 valence electrons. The molecule has 1 fully saturated rings. The van der Waals surface area contributed by atoms with Crippen LogP contribution < -0.4 is 5.32 Å². The molecule has 2 aromatic rings. The van der Waals surface area contributed by atoms with E-state index in [2.05, 4.69) is 33.0 Å². The van der Waals surface area contributed by atoms with Crippen LogP contribution in [0, 0.1) is 12.8 Å². The fraction of sp³-hybridized carbons (Fsp3) is 0.576. The normalized spacial score (nSPS) is 16.8. The Hall–Kier alpha value is -2.35. The molecule has 0 bridgehead atoms. The Morgan fingerprint density at radius 2 is 1.77 bits per heavy atom. The van der Waals surface area contributed by atoms with Gasteiger partial charge in [0, 0.05) is 5.56 Å². The second-order valence-corrected chi connectivity index (χ2v) is 12.9. The second kappa shape index (κ2) is 15.0. The maximum absolute atomic E-state index is 13.4. The van der Waals surface area contributed by atoms with Gasteiger partial charge in [-0.15, -0.1) is 0 Å². The topological polar surface area (TPSA) is 84.9 Å². The first-order valence-corrected chi connectivity index (χ1v) is 15.9. The number of hydrogen-bond acceptors (Lipinski definition) is 5. The number of ether oxygens (including phenoxy) is 2.